The van der Waals surface area contributed by atoms with E-state index in [1.807, 2.05) is 6.08 Å². The topological polar surface area (TPSA) is 78.9 Å². The Bertz CT molecular complexity index is 1370. The normalized spacial score (nSPS) is 12.5. The van der Waals surface area contributed by atoms with Gasteiger partial charge in [-0.1, -0.05) is 306 Å². The van der Waals surface area contributed by atoms with E-state index < -0.39 is 12.1 Å². The molecule has 0 fully saturated rings. The summed E-state index contributed by atoms with van der Waals surface area (Å²) in [6, 6.07) is 0. The summed E-state index contributed by atoms with van der Waals surface area (Å²) in [4.78, 5) is 38.1. The second-order valence-electron chi connectivity index (χ2n) is 21.3. The monoisotopic (exact) mass is 1030 g/mol. The van der Waals surface area contributed by atoms with Crippen molar-refractivity contribution in [3.8, 4) is 0 Å². The van der Waals surface area contributed by atoms with E-state index in [-0.39, 0.29) is 31.6 Å². The predicted octanol–water partition coefficient (Wildman–Crippen LogP) is 21.7. The molecule has 0 spiro atoms. The number of unbranched alkanes of at least 4 members (excludes halogenated alkanes) is 36. The van der Waals surface area contributed by atoms with E-state index in [0.717, 1.165) is 83.5 Å². The molecule has 0 aliphatic carbocycles. The number of carbonyl (C=O) groups is 3. The molecule has 0 radical (unpaired) electrons. The standard InChI is InChI=1S/C68H120O6/c1-4-7-10-13-16-19-22-25-27-28-29-30-31-32-33-34-35-36-37-38-39-41-43-46-49-52-55-58-61-67(70)73-64-65(63-72-66(69)60-57-54-51-48-45-42-24-21-18-15-12-9-6-3)74-68(71)62-59-56-53-50-47-44-40-26-23-20-17-14-11-8-5-2/h8,11,17,20-21,24,26,40,47,50,56,59,65H,4-7,9-10,12-16,18-19,22-23,25,27-39,41-46,48-49,51-55,57-58,60-64H2,1-3H3/b11-8-,20-17-,24-21-,40-26-,50-47-,59-56-. The maximum Gasteiger partial charge on any atom is 0.310 e. The molecule has 0 aromatic heterocycles. The van der Waals surface area contributed by atoms with Crippen molar-refractivity contribution in [1.29, 1.82) is 0 Å². The smallest absolute Gasteiger partial charge is 0.310 e. The summed E-state index contributed by atoms with van der Waals surface area (Å²) < 4.78 is 16.8. The Morgan fingerprint density at radius 3 is 0.892 bits per heavy atom. The summed E-state index contributed by atoms with van der Waals surface area (Å²) in [5.74, 6) is -1.04. The lowest BCUT2D eigenvalue weighted by atomic mass is 10.0. The highest BCUT2D eigenvalue weighted by atomic mass is 16.6. The van der Waals surface area contributed by atoms with E-state index in [4.69, 9.17) is 14.2 Å². The molecular weight excluding hydrogens is 913 g/mol. The lowest BCUT2D eigenvalue weighted by Gasteiger charge is -2.18. The van der Waals surface area contributed by atoms with Gasteiger partial charge in [0.2, 0.25) is 0 Å². The number of ether oxygens (including phenoxy) is 3. The Kier molecular flexibility index (Phi) is 59.7. The van der Waals surface area contributed by atoms with Gasteiger partial charge >= 0.3 is 17.9 Å². The number of esters is 3. The maximum atomic E-state index is 12.8. The molecule has 0 rings (SSSR count). The summed E-state index contributed by atoms with van der Waals surface area (Å²) in [5.41, 5.74) is 0. The molecule has 0 aromatic carbocycles. The lowest BCUT2D eigenvalue weighted by molar-refractivity contribution is -0.166. The first-order valence-corrected chi connectivity index (χ1v) is 31.9. The molecule has 6 nitrogen and oxygen atoms in total. The summed E-state index contributed by atoms with van der Waals surface area (Å²) in [5, 5.41) is 0. The minimum atomic E-state index is -0.832. The van der Waals surface area contributed by atoms with Gasteiger partial charge in [0.25, 0.3) is 0 Å². The van der Waals surface area contributed by atoms with Crippen LogP contribution in [0.2, 0.25) is 0 Å². The van der Waals surface area contributed by atoms with Crippen molar-refractivity contribution in [3.05, 3.63) is 72.9 Å². The fourth-order valence-corrected chi connectivity index (χ4v) is 9.22. The van der Waals surface area contributed by atoms with Gasteiger partial charge in [0.15, 0.2) is 6.10 Å². The van der Waals surface area contributed by atoms with Crippen LogP contribution in [-0.4, -0.2) is 37.2 Å². The third-order valence-electron chi connectivity index (χ3n) is 14.0. The number of carbonyl (C=O) groups excluding carboxylic acids is 3. The second-order valence-corrected chi connectivity index (χ2v) is 21.3. The molecule has 0 N–H and O–H groups in total. The van der Waals surface area contributed by atoms with Crippen molar-refractivity contribution in [2.24, 2.45) is 0 Å². The fraction of sp³-hybridized carbons (Fsp3) is 0.779. The van der Waals surface area contributed by atoms with Gasteiger partial charge in [0.05, 0.1) is 6.42 Å². The lowest BCUT2D eigenvalue weighted by Crippen LogP contribution is -2.30. The van der Waals surface area contributed by atoms with Crippen LogP contribution in [-0.2, 0) is 28.6 Å². The van der Waals surface area contributed by atoms with Gasteiger partial charge in [0, 0.05) is 12.8 Å². The van der Waals surface area contributed by atoms with E-state index in [1.165, 1.54) is 199 Å². The maximum absolute atomic E-state index is 12.8. The van der Waals surface area contributed by atoms with Crippen LogP contribution in [0.1, 0.15) is 323 Å². The highest BCUT2D eigenvalue weighted by Crippen LogP contribution is 2.17. The van der Waals surface area contributed by atoms with Crippen molar-refractivity contribution in [1.82, 2.24) is 0 Å². The number of hydrogen-bond acceptors (Lipinski definition) is 6. The Morgan fingerprint density at radius 2 is 0.568 bits per heavy atom. The second kappa shape index (κ2) is 62.4. The molecule has 0 saturated heterocycles. The SMILES string of the molecule is CC/C=C\C/C=C\C/C=C\C/C=C\C/C=C\CC(=O)OC(COC(=O)CCCCCCC/C=C\CCCCCC)COC(=O)CCCCCCCCCCCCCCCCCCCCCCCCCCCCCC. The van der Waals surface area contributed by atoms with Crippen LogP contribution in [0.3, 0.4) is 0 Å². The summed E-state index contributed by atoms with van der Waals surface area (Å²) in [6.07, 6.45) is 81.0. The molecule has 1 atom stereocenters. The highest BCUT2D eigenvalue weighted by molar-refractivity contribution is 5.72. The van der Waals surface area contributed by atoms with Crippen LogP contribution in [0.15, 0.2) is 72.9 Å². The average Bonchev–Trinajstić information content (AvgIpc) is 3.40. The van der Waals surface area contributed by atoms with Crippen LogP contribution in [0, 0.1) is 0 Å². The van der Waals surface area contributed by atoms with Gasteiger partial charge in [-0.3, -0.25) is 14.4 Å². The summed E-state index contributed by atoms with van der Waals surface area (Å²) in [7, 11) is 0. The first-order valence-electron chi connectivity index (χ1n) is 31.9. The highest BCUT2D eigenvalue weighted by Gasteiger charge is 2.19. The molecule has 0 heterocycles. The molecule has 0 aromatic rings. The molecule has 0 aliphatic heterocycles. The van der Waals surface area contributed by atoms with Crippen LogP contribution in [0.25, 0.3) is 0 Å². The third kappa shape index (κ3) is 59.7. The van der Waals surface area contributed by atoms with Gasteiger partial charge in [-0.15, -0.1) is 0 Å². The van der Waals surface area contributed by atoms with Crippen molar-refractivity contribution in [2.45, 2.75) is 329 Å². The van der Waals surface area contributed by atoms with E-state index >= 15 is 0 Å². The van der Waals surface area contributed by atoms with E-state index in [9.17, 15) is 14.4 Å². The van der Waals surface area contributed by atoms with Gasteiger partial charge in [-0.2, -0.15) is 0 Å². The molecule has 74 heavy (non-hydrogen) atoms. The average molecular weight is 1030 g/mol. The van der Waals surface area contributed by atoms with E-state index in [2.05, 4.69) is 81.5 Å². The quantitative estimate of drug-likeness (QED) is 0.0261. The van der Waals surface area contributed by atoms with Crippen LogP contribution in [0.4, 0.5) is 0 Å². The van der Waals surface area contributed by atoms with Crippen LogP contribution in [0.5, 0.6) is 0 Å². The van der Waals surface area contributed by atoms with Crippen LogP contribution < -0.4 is 0 Å². The number of allylic oxidation sites excluding steroid dienone is 11. The van der Waals surface area contributed by atoms with E-state index in [1.54, 1.807) is 6.08 Å². The molecule has 0 aliphatic rings. The molecule has 0 saturated carbocycles. The third-order valence-corrected chi connectivity index (χ3v) is 14.0. The predicted molar refractivity (Wildman–Crippen MR) is 321 cm³/mol. The zero-order valence-electron chi connectivity index (χ0n) is 49.1. The summed E-state index contributed by atoms with van der Waals surface area (Å²) in [6.45, 7) is 6.46. The first kappa shape index (κ1) is 70.8. The van der Waals surface area contributed by atoms with Crippen molar-refractivity contribution >= 4 is 17.9 Å². The molecule has 0 bridgehead atoms. The van der Waals surface area contributed by atoms with Gasteiger partial charge in [-0.25, -0.2) is 0 Å². The Balaban J connectivity index is 4.25. The molecule has 6 heteroatoms. The molecule has 0 amide bonds. The molecule has 428 valence electrons. The van der Waals surface area contributed by atoms with Crippen molar-refractivity contribution < 1.29 is 28.6 Å². The molecular formula is C68H120O6. The first-order chi connectivity index (χ1) is 36.5. The fourth-order valence-electron chi connectivity index (χ4n) is 9.22. The summed E-state index contributed by atoms with van der Waals surface area (Å²) >= 11 is 0. The largest absolute Gasteiger partial charge is 0.462 e. The van der Waals surface area contributed by atoms with Gasteiger partial charge in [-0.05, 0) is 70.6 Å². The van der Waals surface area contributed by atoms with Crippen molar-refractivity contribution in [2.75, 3.05) is 13.2 Å². The van der Waals surface area contributed by atoms with Gasteiger partial charge in [0.1, 0.15) is 13.2 Å². The van der Waals surface area contributed by atoms with Crippen molar-refractivity contribution in [3.63, 3.8) is 0 Å². The van der Waals surface area contributed by atoms with Gasteiger partial charge < -0.3 is 14.2 Å². The zero-order chi connectivity index (χ0) is 53.6. The minimum Gasteiger partial charge on any atom is -0.462 e. The number of rotatable bonds is 58. The Labute approximate surface area is 459 Å². The van der Waals surface area contributed by atoms with E-state index in [0.29, 0.717) is 12.8 Å². The molecule has 1 unspecified atom stereocenters. The minimum absolute atomic E-state index is 0.0975. The Morgan fingerprint density at radius 1 is 0.297 bits per heavy atom. The Hall–Kier alpha value is -3.15. The number of hydrogen-bond donors (Lipinski definition) is 0. The van der Waals surface area contributed by atoms with Crippen LogP contribution >= 0.6 is 0 Å². The zero-order valence-corrected chi connectivity index (χ0v) is 49.1.